The van der Waals surface area contributed by atoms with Crippen LogP contribution in [0.3, 0.4) is 0 Å². The van der Waals surface area contributed by atoms with Gasteiger partial charge in [0.2, 0.25) is 0 Å². The van der Waals surface area contributed by atoms with Crippen LogP contribution < -0.4 is 10.5 Å². The number of hydrogen-bond donors (Lipinski definition) is 1. The fraction of sp³-hybridized carbons (Fsp3) is 0.625. The fourth-order valence-electron chi connectivity index (χ4n) is 2.05. The minimum atomic E-state index is 0.628. The molecule has 0 amide bonds. The van der Waals surface area contributed by atoms with Crippen molar-refractivity contribution in [2.24, 2.45) is 0 Å². The first kappa shape index (κ1) is 15.8. The second kappa shape index (κ2) is 9.68. The van der Waals surface area contributed by atoms with Gasteiger partial charge in [-0.2, -0.15) is 0 Å². The summed E-state index contributed by atoms with van der Waals surface area (Å²) in [4.78, 5) is 0. The molecule has 1 rings (SSSR count). The maximum Gasteiger partial charge on any atom is 0.141 e. The van der Waals surface area contributed by atoms with Crippen LogP contribution in [0.15, 0.2) is 18.2 Å². The SMILES string of the molecule is CCCCCCCCOCc1ccc(OC)c(N)c1. The van der Waals surface area contributed by atoms with Crippen molar-refractivity contribution in [2.75, 3.05) is 19.5 Å². The third kappa shape index (κ3) is 6.48. The Bertz CT molecular complexity index is 353. The topological polar surface area (TPSA) is 44.5 Å². The van der Waals surface area contributed by atoms with Gasteiger partial charge in [-0.1, -0.05) is 45.1 Å². The molecule has 0 unspecified atom stereocenters. The van der Waals surface area contributed by atoms with E-state index in [1.807, 2.05) is 18.2 Å². The highest BCUT2D eigenvalue weighted by molar-refractivity contribution is 5.54. The Labute approximate surface area is 117 Å². The van der Waals surface area contributed by atoms with Crippen LogP contribution in [0.25, 0.3) is 0 Å². The van der Waals surface area contributed by atoms with E-state index in [4.69, 9.17) is 15.2 Å². The van der Waals surface area contributed by atoms with Crippen molar-refractivity contribution in [3.8, 4) is 5.75 Å². The van der Waals surface area contributed by atoms with Gasteiger partial charge in [0.15, 0.2) is 0 Å². The van der Waals surface area contributed by atoms with Gasteiger partial charge in [-0.25, -0.2) is 0 Å². The summed E-state index contributed by atoms with van der Waals surface area (Å²) in [6.07, 6.45) is 7.75. The lowest BCUT2D eigenvalue weighted by Crippen LogP contribution is -1.98. The molecule has 0 radical (unpaired) electrons. The van der Waals surface area contributed by atoms with Crippen molar-refractivity contribution < 1.29 is 9.47 Å². The molecule has 0 saturated heterocycles. The van der Waals surface area contributed by atoms with E-state index in [0.717, 1.165) is 24.3 Å². The number of nitrogen functional groups attached to an aromatic ring is 1. The number of methoxy groups -OCH3 is 1. The van der Waals surface area contributed by atoms with Crippen LogP contribution in [0, 0.1) is 0 Å². The van der Waals surface area contributed by atoms with Gasteiger partial charge in [0.1, 0.15) is 5.75 Å². The Balaban J connectivity index is 2.11. The molecule has 0 spiro atoms. The molecule has 0 aliphatic heterocycles. The molecule has 0 bridgehead atoms. The van der Waals surface area contributed by atoms with Crippen LogP contribution in [0.2, 0.25) is 0 Å². The van der Waals surface area contributed by atoms with Crippen LogP contribution in [0.1, 0.15) is 51.0 Å². The summed E-state index contributed by atoms with van der Waals surface area (Å²) < 4.78 is 10.8. The molecule has 1 aromatic rings. The number of hydrogen-bond acceptors (Lipinski definition) is 3. The molecule has 108 valence electrons. The summed E-state index contributed by atoms with van der Waals surface area (Å²) in [6.45, 7) is 3.70. The third-order valence-electron chi connectivity index (χ3n) is 3.21. The lowest BCUT2D eigenvalue weighted by molar-refractivity contribution is 0.116. The quantitative estimate of drug-likeness (QED) is 0.510. The van der Waals surface area contributed by atoms with Gasteiger partial charge < -0.3 is 15.2 Å². The number of ether oxygens (including phenoxy) is 2. The van der Waals surface area contributed by atoms with E-state index in [-0.39, 0.29) is 0 Å². The van der Waals surface area contributed by atoms with Gasteiger partial charge >= 0.3 is 0 Å². The Morgan fingerprint density at radius 1 is 1.05 bits per heavy atom. The molecular formula is C16H27NO2. The molecule has 0 atom stereocenters. The third-order valence-corrected chi connectivity index (χ3v) is 3.21. The van der Waals surface area contributed by atoms with Crippen molar-refractivity contribution in [3.63, 3.8) is 0 Å². The predicted octanol–water partition coefficient (Wildman–Crippen LogP) is 4.15. The van der Waals surface area contributed by atoms with Crippen molar-refractivity contribution in [3.05, 3.63) is 23.8 Å². The molecule has 0 fully saturated rings. The normalized spacial score (nSPS) is 10.6. The number of anilines is 1. The molecule has 1 aromatic carbocycles. The second-order valence-corrected chi connectivity index (χ2v) is 4.90. The molecule has 19 heavy (non-hydrogen) atoms. The molecule has 0 heterocycles. The Hall–Kier alpha value is -1.22. The van der Waals surface area contributed by atoms with Gasteiger partial charge in [-0.15, -0.1) is 0 Å². The summed E-state index contributed by atoms with van der Waals surface area (Å²) in [5.41, 5.74) is 7.62. The molecule has 3 heteroatoms. The average molecular weight is 265 g/mol. The van der Waals surface area contributed by atoms with Crippen LogP contribution >= 0.6 is 0 Å². The fourth-order valence-corrected chi connectivity index (χ4v) is 2.05. The number of benzene rings is 1. The highest BCUT2D eigenvalue weighted by Crippen LogP contribution is 2.22. The Morgan fingerprint density at radius 3 is 2.47 bits per heavy atom. The average Bonchev–Trinajstić information content (AvgIpc) is 2.42. The number of nitrogens with two attached hydrogens (primary N) is 1. The first-order valence-corrected chi connectivity index (χ1v) is 7.28. The highest BCUT2D eigenvalue weighted by atomic mass is 16.5. The molecule has 0 aliphatic carbocycles. The first-order valence-electron chi connectivity index (χ1n) is 7.28. The standard InChI is InChI=1S/C16H27NO2/c1-3-4-5-6-7-8-11-19-13-14-9-10-16(18-2)15(17)12-14/h9-10,12H,3-8,11,13,17H2,1-2H3. The maximum absolute atomic E-state index is 5.85. The van der Waals surface area contributed by atoms with Crippen LogP contribution in [0.5, 0.6) is 5.75 Å². The van der Waals surface area contributed by atoms with Gasteiger partial charge in [0, 0.05) is 6.61 Å². The van der Waals surface area contributed by atoms with Crippen molar-refractivity contribution in [2.45, 2.75) is 52.1 Å². The number of rotatable bonds is 10. The highest BCUT2D eigenvalue weighted by Gasteiger charge is 2.00. The van der Waals surface area contributed by atoms with Crippen LogP contribution in [-0.2, 0) is 11.3 Å². The second-order valence-electron chi connectivity index (χ2n) is 4.90. The zero-order chi connectivity index (χ0) is 13.9. The zero-order valence-corrected chi connectivity index (χ0v) is 12.3. The first-order chi connectivity index (χ1) is 9.27. The van der Waals surface area contributed by atoms with E-state index in [9.17, 15) is 0 Å². The van der Waals surface area contributed by atoms with E-state index in [1.54, 1.807) is 7.11 Å². The minimum absolute atomic E-state index is 0.628. The number of unbranched alkanes of at least 4 members (excludes halogenated alkanes) is 5. The molecular weight excluding hydrogens is 238 g/mol. The van der Waals surface area contributed by atoms with E-state index in [2.05, 4.69) is 6.92 Å². The monoisotopic (exact) mass is 265 g/mol. The van der Waals surface area contributed by atoms with Crippen LogP contribution in [-0.4, -0.2) is 13.7 Å². The summed E-state index contributed by atoms with van der Waals surface area (Å²) in [5.74, 6) is 0.722. The smallest absolute Gasteiger partial charge is 0.141 e. The minimum Gasteiger partial charge on any atom is -0.495 e. The zero-order valence-electron chi connectivity index (χ0n) is 12.3. The molecule has 0 aromatic heterocycles. The molecule has 0 saturated carbocycles. The lowest BCUT2D eigenvalue weighted by Gasteiger charge is -2.08. The summed E-state index contributed by atoms with van der Waals surface area (Å²) in [5, 5.41) is 0. The van der Waals surface area contributed by atoms with Crippen molar-refractivity contribution in [1.29, 1.82) is 0 Å². The van der Waals surface area contributed by atoms with Crippen molar-refractivity contribution in [1.82, 2.24) is 0 Å². The predicted molar refractivity (Wildman–Crippen MR) is 80.4 cm³/mol. The van der Waals surface area contributed by atoms with Gasteiger partial charge in [-0.3, -0.25) is 0 Å². The van der Waals surface area contributed by atoms with Gasteiger partial charge in [0.25, 0.3) is 0 Å². The largest absolute Gasteiger partial charge is 0.495 e. The lowest BCUT2D eigenvalue weighted by atomic mass is 10.1. The van der Waals surface area contributed by atoms with E-state index < -0.39 is 0 Å². The Morgan fingerprint density at radius 2 is 1.79 bits per heavy atom. The Kier molecular flexibility index (Phi) is 8.07. The van der Waals surface area contributed by atoms with E-state index in [1.165, 1.54) is 32.1 Å². The molecule has 0 aliphatic rings. The molecule has 3 nitrogen and oxygen atoms in total. The van der Waals surface area contributed by atoms with Gasteiger partial charge in [0.05, 0.1) is 19.4 Å². The van der Waals surface area contributed by atoms with Crippen molar-refractivity contribution >= 4 is 5.69 Å². The van der Waals surface area contributed by atoms with Gasteiger partial charge in [-0.05, 0) is 24.1 Å². The van der Waals surface area contributed by atoms with E-state index >= 15 is 0 Å². The van der Waals surface area contributed by atoms with E-state index in [0.29, 0.717) is 12.3 Å². The van der Waals surface area contributed by atoms with Crippen LogP contribution in [0.4, 0.5) is 5.69 Å². The molecule has 2 N–H and O–H groups in total. The summed E-state index contributed by atoms with van der Waals surface area (Å²) in [7, 11) is 1.63. The summed E-state index contributed by atoms with van der Waals surface area (Å²) >= 11 is 0. The maximum atomic E-state index is 5.85. The summed E-state index contributed by atoms with van der Waals surface area (Å²) in [6, 6.07) is 5.80.